The van der Waals surface area contributed by atoms with Crippen LogP contribution in [0.4, 0.5) is 5.69 Å². The van der Waals surface area contributed by atoms with Gasteiger partial charge in [-0.15, -0.1) is 0 Å². The monoisotopic (exact) mass is 309 g/mol. The molecule has 0 bridgehead atoms. The largest absolute Gasteiger partial charge is 0.324 e. The summed E-state index contributed by atoms with van der Waals surface area (Å²) in [7, 11) is 1.98. The maximum absolute atomic E-state index is 12.2. The maximum Gasteiger partial charge on any atom is 0.238 e. The van der Waals surface area contributed by atoms with Gasteiger partial charge in [-0.2, -0.15) is 0 Å². The van der Waals surface area contributed by atoms with Crippen molar-refractivity contribution in [3.8, 4) is 0 Å². The van der Waals surface area contributed by atoms with Crippen LogP contribution in [0.5, 0.6) is 0 Å². The summed E-state index contributed by atoms with van der Waals surface area (Å²) >= 11 is 6.14. The number of anilines is 1. The predicted octanol–water partition coefficient (Wildman–Crippen LogP) is 2.52. The van der Waals surface area contributed by atoms with Crippen LogP contribution in [0.3, 0.4) is 0 Å². The van der Waals surface area contributed by atoms with Gasteiger partial charge in [0.2, 0.25) is 5.91 Å². The van der Waals surface area contributed by atoms with Crippen molar-refractivity contribution in [2.45, 2.75) is 19.8 Å². The van der Waals surface area contributed by atoms with E-state index in [4.69, 9.17) is 11.6 Å². The first kappa shape index (κ1) is 16.3. The number of rotatable bonds is 5. The molecular formula is C16H24ClN3O. The molecule has 1 aromatic rings. The first-order valence-electron chi connectivity index (χ1n) is 7.51. The molecule has 4 nitrogen and oxygen atoms in total. The summed E-state index contributed by atoms with van der Waals surface area (Å²) < 4.78 is 0. The molecule has 5 heteroatoms. The van der Waals surface area contributed by atoms with Crippen molar-refractivity contribution in [3.05, 3.63) is 28.8 Å². The Kier molecular flexibility index (Phi) is 6.03. The average molecular weight is 310 g/mol. The zero-order valence-electron chi connectivity index (χ0n) is 12.8. The van der Waals surface area contributed by atoms with Gasteiger partial charge >= 0.3 is 0 Å². The Morgan fingerprint density at radius 1 is 1.48 bits per heavy atom. The summed E-state index contributed by atoms with van der Waals surface area (Å²) in [6, 6.07) is 5.67. The average Bonchev–Trinajstić information content (AvgIpc) is 2.43. The Bertz CT molecular complexity index is 490. The van der Waals surface area contributed by atoms with Crippen LogP contribution in [0.2, 0.25) is 5.02 Å². The number of hydrogen-bond donors (Lipinski definition) is 2. The third-order valence-corrected chi connectivity index (χ3v) is 4.17. The zero-order chi connectivity index (χ0) is 15.2. The van der Waals surface area contributed by atoms with Crippen LogP contribution < -0.4 is 10.6 Å². The van der Waals surface area contributed by atoms with Gasteiger partial charge in [0, 0.05) is 6.54 Å². The van der Waals surface area contributed by atoms with Gasteiger partial charge in [0.05, 0.1) is 17.3 Å². The van der Waals surface area contributed by atoms with E-state index in [2.05, 4.69) is 15.5 Å². The lowest BCUT2D eigenvalue weighted by molar-refractivity contribution is -0.117. The highest BCUT2D eigenvalue weighted by Crippen LogP contribution is 2.23. The van der Waals surface area contributed by atoms with Gasteiger partial charge in [0.25, 0.3) is 0 Å². The molecule has 1 amide bonds. The lowest BCUT2D eigenvalue weighted by Gasteiger charge is -2.32. The van der Waals surface area contributed by atoms with E-state index < -0.39 is 0 Å². The smallest absolute Gasteiger partial charge is 0.238 e. The van der Waals surface area contributed by atoms with E-state index in [9.17, 15) is 4.79 Å². The molecule has 0 aliphatic carbocycles. The van der Waals surface area contributed by atoms with Crippen molar-refractivity contribution in [2.75, 3.05) is 38.5 Å². The van der Waals surface area contributed by atoms with Crippen LogP contribution in [0.15, 0.2) is 18.2 Å². The molecule has 1 fully saturated rings. The molecular weight excluding hydrogens is 286 g/mol. The molecule has 0 saturated carbocycles. The van der Waals surface area contributed by atoms with Crippen LogP contribution in [0.1, 0.15) is 18.4 Å². The first-order valence-corrected chi connectivity index (χ1v) is 7.89. The van der Waals surface area contributed by atoms with E-state index >= 15 is 0 Å². The van der Waals surface area contributed by atoms with E-state index in [1.54, 1.807) is 0 Å². The summed E-state index contributed by atoms with van der Waals surface area (Å²) in [5.74, 6) is 0.644. The number of piperidine rings is 1. The highest BCUT2D eigenvalue weighted by molar-refractivity contribution is 6.33. The summed E-state index contributed by atoms with van der Waals surface area (Å²) in [6.45, 7) is 5.41. The lowest BCUT2D eigenvalue weighted by Crippen LogP contribution is -2.42. The van der Waals surface area contributed by atoms with E-state index in [0.717, 1.165) is 31.6 Å². The number of nitrogens with one attached hydrogen (secondary N) is 2. The number of benzene rings is 1. The van der Waals surface area contributed by atoms with Crippen molar-refractivity contribution in [1.29, 1.82) is 0 Å². The lowest BCUT2D eigenvalue weighted by atomic mass is 9.98. The quantitative estimate of drug-likeness (QED) is 0.878. The van der Waals surface area contributed by atoms with Gasteiger partial charge in [-0.25, -0.2) is 0 Å². The van der Waals surface area contributed by atoms with E-state index in [1.165, 1.54) is 6.42 Å². The molecule has 1 heterocycles. The zero-order valence-corrected chi connectivity index (χ0v) is 13.5. The number of carbonyl (C=O) groups excluding carboxylic acids is 1. The topological polar surface area (TPSA) is 44.4 Å². The normalized spacial score (nSPS) is 19.5. The fourth-order valence-corrected chi connectivity index (χ4v) is 3.15. The SMILES string of the molecule is CNCC1CCCN(CC(=O)Nc2ccc(C)cc2Cl)C1. The number of likely N-dealkylation sites (tertiary alicyclic amines) is 1. The van der Waals surface area contributed by atoms with Crippen LogP contribution in [-0.4, -0.2) is 44.0 Å². The Morgan fingerprint density at radius 2 is 2.29 bits per heavy atom. The molecule has 1 saturated heterocycles. The standard InChI is InChI=1S/C16H24ClN3O/c1-12-5-6-15(14(17)8-12)19-16(21)11-20-7-3-4-13(10-20)9-18-2/h5-6,8,13,18H,3-4,7,9-11H2,1-2H3,(H,19,21). The van der Waals surface area contributed by atoms with Crippen molar-refractivity contribution in [2.24, 2.45) is 5.92 Å². The van der Waals surface area contributed by atoms with E-state index in [1.807, 2.05) is 32.2 Å². The van der Waals surface area contributed by atoms with Gasteiger partial charge < -0.3 is 10.6 Å². The predicted molar refractivity (Wildman–Crippen MR) is 87.9 cm³/mol. The molecule has 21 heavy (non-hydrogen) atoms. The minimum absolute atomic E-state index is 0.00543. The van der Waals surface area contributed by atoms with Crippen molar-refractivity contribution < 1.29 is 4.79 Å². The fraction of sp³-hybridized carbons (Fsp3) is 0.562. The number of nitrogens with zero attached hydrogens (tertiary/aromatic N) is 1. The number of halogens is 1. The van der Waals surface area contributed by atoms with Crippen molar-refractivity contribution in [1.82, 2.24) is 10.2 Å². The molecule has 116 valence electrons. The second-order valence-corrected chi connectivity index (χ2v) is 6.24. The Hall–Kier alpha value is -1.10. The maximum atomic E-state index is 12.2. The van der Waals surface area contributed by atoms with Crippen LogP contribution >= 0.6 is 11.6 Å². The third kappa shape index (κ3) is 4.99. The third-order valence-electron chi connectivity index (χ3n) is 3.86. The Labute approximate surface area is 131 Å². The molecule has 1 aliphatic rings. The molecule has 0 radical (unpaired) electrons. The highest BCUT2D eigenvalue weighted by atomic mass is 35.5. The fourth-order valence-electron chi connectivity index (χ4n) is 2.86. The molecule has 1 atom stereocenters. The van der Waals surface area contributed by atoms with Crippen molar-refractivity contribution >= 4 is 23.2 Å². The van der Waals surface area contributed by atoms with E-state index in [-0.39, 0.29) is 5.91 Å². The second kappa shape index (κ2) is 7.78. The molecule has 1 unspecified atom stereocenters. The molecule has 2 rings (SSSR count). The summed E-state index contributed by atoms with van der Waals surface area (Å²) in [5, 5.41) is 6.72. The number of hydrogen-bond acceptors (Lipinski definition) is 3. The number of amides is 1. The van der Waals surface area contributed by atoms with Crippen LogP contribution in [0.25, 0.3) is 0 Å². The summed E-state index contributed by atoms with van der Waals surface area (Å²) in [6.07, 6.45) is 2.40. The Morgan fingerprint density at radius 3 is 3.00 bits per heavy atom. The first-order chi connectivity index (χ1) is 10.1. The van der Waals surface area contributed by atoms with Gasteiger partial charge in [0.15, 0.2) is 0 Å². The summed E-state index contributed by atoms with van der Waals surface area (Å²) in [4.78, 5) is 14.4. The molecule has 1 aromatic carbocycles. The minimum Gasteiger partial charge on any atom is -0.324 e. The Balaban J connectivity index is 1.86. The molecule has 2 N–H and O–H groups in total. The van der Waals surface area contributed by atoms with Gasteiger partial charge in [-0.1, -0.05) is 17.7 Å². The molecule has 0 aromatic heterocycles. The minimum atomic E-state index is 0.00543. The number of carbonyl (C=O) groups is 1. The van der Waals surface area contributed by atoms with Crippen LogP contribution in [-0.2, 0) is 4.79 Å². The summed E-state index contributed by atoms with van der Waals surface area (Å²) in [5.41, 5.74) is 1.78. The van der Waals surface area contributed by atoms with Gasteiger partial charge in [0.1, 0.15) is 0 Å². The van der Waals surface area contributed by atoms with E-state index in [0.29, 0.717) is 23.2 Å². The van der Waals surface area contributed by atoms with Crippen LogP contribution in [0, 0.1) is 12.8 Å². The highest BCUT2D eigenvalue weighted by Gasteiger charge is 2.21. The molecule has 1 aliphatic heterocycles. The number of aryl methyl sites for hydroxylation is 1. The molecule has 0 spiro atoms. The second-order valence-electron chi connectivity index (χ2n) is 5.83. The van der Waals surface area contributed by atoms with Gasteiger partial charge in [-0.05, 0) is 63.5 Å². The van der Waals surface area contributed by atoms with Crippen molar-refractivity contribution in [3.63, 3.8) is 0 Å². The van der Waals surface area contributed by atoms with Gasteiger partial charge in [-0.3, -0.25) is 9.69 Å².